The summed E-state index contributed by atoms with van der Waals surface area (Å²) < 4.78 is 41.4. The average molecular weight is 1510 g/mol. The molecule has 572 valence electrons. The molecule has 4 spiro atoms. The number of hydrogen-bond acceptors (Lipinski definition) is 17. The number of benzene rings is 3. The molecule has 11 aliphatic rings. The molecule has 1 N–H and O–H groups in total. The quantitative estimate of drug-likeness (QED) is 0.190. The Morgan fingerprint density at radius 1 is 0.456 bits per heavy atom. The molecule has 20 nitrogen and oxygen atoms in total. The zero-order valence-corrected chi connectivity index (χ0v) is 67.2. The van der Waals surface area contributed by atoms with Gasteiger partial charge < -0.3 is 84.0 Å². The van der Waals surface area contributed by atoms with Crippen LogP contribution in [0.15, 0.2) is 77.3 Å². The van der Waals surface area contributed by atoms with Crippen LogP contribution in [0.25, 0.3) is 0 Å². The normalized spacial score (nSPS) is 26.7. The van der Waals surface area contributed by atoms with Gasteiger partial charge in [-0.05, 0) is 226 Å². The first kappa shape index (κ1) is 84.9. The van der Waals surface area contributed by atoms with Crippen molar-refractivity contribution >= 4 is 62.9 Å². The van der Waals surface area contributed by atoms with Crippen LogP contribution >= 0.6 is 15.9 Å². The minimum Gasteiger partial charge on any atom is -1.00 e. The van der Waals surface area contributed by atoms with Gasteiger partial charge in [0, 0.05) is 127 Å². The molecule has 14 rings (SSSR count). The van der Waals surface area contributed by atoms with Crippen LogP contribution in [0.5, 0.6) is 0 Å². The third kappa shape index (κ3) is 23.9. The van der Waals surface area contributed by atoms with E-state index >= 15 is 0 Å². The molecule has 11 saturated heterocycles. The van der Waals surface area contributed by atoms with E-state index in [1.54, 1.807) is 4.90 Å². The Labute approximate surface area is 651 Å². The smallest absolute Gasteiger partial charge is 1.00 e. The Bertz CT molecular complexity index is 3120. The zero-order chi connectivity index (χ0) is 72.7. The molecular formula is C80H131AlBrLiN10O10. The van der Waals surface area contributed by atoms with Crippen LogP contribution in [0.3, 0.4) is 0 Å². The van der Waals surface area contributed by atoms with E-state index in [-0.39, 0.29) is 84.8 Å². The van der Waals surface area contributed by atoms with Crippen molar-refractivity contribution in [1.29, 1.82) is 0 Å². The summed E-state index contributed by atoms with van der Waals surface area (Å²) in [5.41, 5.74) is 5.25. The van der Waals surface area contributed by atoms with Crippen molar-refractivity contribution in [2.45, 2.75) is 198 Å². The molecule has 23 heteroatoms. The summed E-state index contributed by atoms with van der Waals surface area (Å²) in [7, 11) is 8.52. The maximum atomic E-state index is 12.9. The largest absolute Gasteiger partial charge is 1.00 e. The Morgan fingerprint density at radius 2 is 0.825 bits per heavy atom. The predicted molar refractivity (Wildman–Crippen MR) is 416 cm³/mol. The zero-order valence-electron chi connectivity index (χ0n) is 66.6. The number of morpholine rings is 3. The molecule has 3 amide bonds. The van der Waals surface area contributed by atoms with Crippen molar-refractivity contribution in [3.63, 3.8) is 0 Å². The predicted octanol–water partition coefficient (Wildman–Crippen LogP) is 9.08. The molecule has 11 heterocycles. The molecule has 103 heavy (non-hydrogen) atoms. The summed E-state index contributed by atoms with van der Waals surface area (Å²) in [5.74, 6) is 1.83. The SMILES string of the molecule is CN1CC2(C1)CN(C(=O)OC(C)(C)C)CCO2.CN1CC2(CCCCO2)C1.C[C@H]1CC[C@H](c2ccc(Br)cc2)N(C(=O)OC(C)(C)C)C1.C[C@H]1CC[C@H](c2ccc(N3CCOC4(CN(C)C4)C3)cc2)N(C(=O)OC(C)(C)C)C1.C[C@H]1CC[C@H](c2ccc(N3CCOC4(CN(C)C4)C3)cc2)NC1.[AlH3].[H-].[Li+]. The van der Waals surface area contributed by atoms with E-state index in [1.165, 1.54) is 60.2 Å². The van der Waals surface area contributed by atoms with Gasteiger partial charge in [-0.25, -0.2) is 14.4 Å². The van der Waals surface area contributed by atoms with E-state index in [1.807, 2.05) is 84.2 Å². The second-order valence-corrected chi connectivity index (χ2v) is 36.0. The number of rotatable bonds is 5. The molecule has 0 radical (unpaired) electrons. The van der Waals surface area contributed by atoms with Gasteiger partial charge in [-0.2, -0.15) is 0 Å². The van der Waals surface area contributed by atoms with E-state index in [2.05, 4.69) is 160 Å². The third-order valence-corrected chi connectivity index (χ3v) is 21.9. The van der Waals surface area contributed by atoms with Gasteiger partial charge in [-0.1, -0.05) is 73.1 Å². The molecule has 0 aromatic heterocycles. The number of amides is 3. The number of carbonyl (C=O) groups is 3. The van der Waals surface area contributed by atoms with Gasteiger partial charge in [-0.15, -0.1) is 0 Å². The van der Waals surface area contributed by atoms with Crippen LogP contribution in [0.2, 0.25) is 0 Å². The summed E-state index contributed by atoms with van der Waals surface area (Å²) in [6, 6.07) is 27.0. The number of carbonyl (C=O) groups excluding carboxylic acids is 3. The van der Waals surface area contributed by atoms with Crippen molar-refractivity contribution in [2.24, 2.45) is 17.8 Å². The van der Waals surface area contributed by atoms with Gasteiger partial charge in [0.15, 0.2) is 17.4 Å². The molecule has 11 aliphatic heterocycles. The van der Waals surface area contributed by atoms with E-state index in [4.69, 9.17) is 33.2 Å². The number of likely N-dealkylation sites (N-methyl/N-ethyl adjacent to an activating group) is 4. The van der Waals surface area contributed by atoms with E-state index in [0.29, 0.717) is 43.2 Å². The third-order valence-electron chi connectivity index (χ3n) is 21.4. The number of halogens is 1. The summed E-state index contributed by atoms with van der Waals surface area (Å²) in [6.45, 7) is 43.2. The topological polar surface area (TPSA) is 157 Å². The fraction of sp³-hybridized carbons (Fsp3) is 0.738. The first-order valence-corrected chi connectivity index (χ1v) is 38.9. The number of hydrogen-bond donors (Lipinski definition) is 1. The molecule has 0 aliphatic carbocycles. The van der Waals surface area contributed by atoms with Gasteiger partial charge in [0.05, 0.1) is 44.1 Å². The van der Waals surface area contributed by atoms with E-state index in [9.17, 15) is 14.4 Å². The van der Waals surface area contributed by atoms with Crippen LogP contribution in [0, 0.1) is 17.8 Å². The number of piperidine rings is 3. The van der Waals surface area contributed by atoms with Crippen molar-refractivity contribution in [2.75, 3.05) is 176 Å². The standard InChI is InChI=1S/C24H37N3O3.C19H29N3O.C17H24BrNO2.C12H22N2O3.C8H15NO.Al.Li.4H/c1-18-6-11-21(27(14-18)22(28)30-23(2,3)4)19-7-9-20(10-8-19)26-12-13-29-24(17-26)15-25(5)16-24;1-15-3-8-18(20-11-15)16-4-6-17(7-5-16)22-9-10-23-19(14-22)12-21(2)13-19;1-12-5-10-15(13-6-8-14(18)9-7-13)19(11-12)16(20)21-17(2,3)4;1-11(2,3)17-10(15)14-5-6-16-12(9-14)7-13(4)8-12;1-9-6-8(7-9)4-2-3-5-10-8;;;;;;/h7-10,18,21H,6,11-17H2,1-5H3;4-7,15,18,20H,3,8-14H2,1-2H3;6-9,12,15H,5,10-11H2,1-4H3;5-9H2,1-4H3;2-7H2,1H3;;;;;;/q;;;;;;+1;;;;-1/t18-,21+;15-,18+;12-,15+;;;;;;;;/m000......../s1. The Morgan fingerprint density at radius 3 is 1.21 bits per heavy atom. The van der Waals surface area contributed by atoms with Gasteiger partial charge in [0.1, 0.15) is 33.6 Å². The minimum absolute atomic E-state index is 0. The Kier molecular flexibility index (Phi) is 29.9. The molecule has 3 aromatic carbocycles. The van der Waals surface area contributed by atoms with Gasteiger partial charge in [-0.3, -0.25) is 0 Å². The maximum absolute atomic E-state index is 12.9. The Hall–Kier alpha value is -3.68. The summed E-state index contributed by atoms with van der Waals surface area (Å²) in [5, 5.41) is 3.68. The monoisotopic (exact) mass is 1500 g/mol. The number of anilines is 2. The summed E-state index contributed by atoms with van der Waals surface area (Å²) >= 11 is 3.46. The van der Waals surface area contributed by atoms with Gasteiger partial charge >= 0.3 is 37.1 Å². The van der Waals surface area contributed by atoms with Crippen molar-refractivity contribution in [3.8, 4) is 0 Å². The van der Waals surface area contributed by atoms with Gasteiger partial charge in [0.25, 0.3) is 0 Å². The second kappa shape index (κ2) is 36.2. The Balaban J connectivity index is 0.000000186. The number of nitrogens with zero attached hydrogens (tertiary/aromatic N) is 9. The number of ether oxygens (including phenoxy) is 7. The van der Waals surface area contributed by atoms with Crippen LogP contribution in [-0.4, -0.2) is 275 Å². The van der Waals surface area contributed by atoms with Crippen LogP contribution in [0.1, 0.15) is 177 Å². The molecule has 11 fully saturated rings. The second-order valence-electron chi connectivity index (χ2n) is 35.1. The molecule has 0 bridgehead atoms. The fourth-order valence-electron chi connectivity index (χ4n) is 16.8. The molecular weight excluding hydrogens is 1370 g/mol. The first-order valence-electron chi connectivity index (χ1n) is 38.1. The molecule has 0 unspecified atom stereocenters. The van der Waals surface area contributed by atoms with Crippen LogP contribution in [0.4, 0.5) is 25.8 Å². The van der Waals surface area contributed by atoms with Gasteiger partial charge in [0.2, 0.25) is 0 Å². The molecule has 0 saturated carbocycles. The maximum Gasteiger partial charge on any atom is 1.00 e. The summed E-state index contributed by atoms with van der Waals surface area (Å²) in [6.07, 6.45) is 10.1. The van der Waals surface area contributed by atoms with Crippen molar-refractivity contribution in [1.82, 2.24) is 39.6 Å². The number of likely N-dealkylation sites (tertiary alicyclic amines) is 6. The van der Waals surface area contributed by atoms with Crippen molar-refractivity contribution in [3.05, 3.63) is 94.0 Å². The van der Waals surface area contributed by atoms with Crippen LogP contribution < -0.4 is 34.0 Å². The average Bonchev–Trinajstić information content (AvgIpc) is 0.788. The first-order chi connectivity index (χ1) is 47.6. The molecule has 3 aromatic rings. The number of nitrogens with one attached hydrogen (secondary N) is 1. The van der Waals surface area contributed by atoms with Crippen molar-refractivity contribution < 1.29 is 67.8 Å². The summed E-state index contributed by atoms with van der Waals surface area (Å²) in [4.78, 5) is 57.0. The molecule has 6 atom stereocenters. The van der Waals surface area contributed by atoms with E-state index < -0.39 is 16.8 Å². The fourth-order valence-corrected chi connectivity index (χ4v) is 17.0. The van der Waals surface area contributed by atoms with E-state index in [0.717, 1.165) is 154 Å². The minimum atomic E-state index is -0.478. The van der Waals surface area contributed by atoms with Crippen LogP contribution in [-0.2, 0) is 33.2 Å².